The lowest BCUT2D eigenvalue weighted by atomic mass is 9.91. The summed E-state index contributed by atoms with van der Waals surface area (Å²) in [6.45, 7) is 2.05. The number of rotatable bonds is 6. The zero-order valence-electron chi connectivity index (χ0n) is 16.5. The van der Waals surface area contributed by atoms with Gasteiger partial charge < -0.3 is 4.74 Å². The number of benzene rings is 4. The summed E-state index contributed by atoms with van der Waals surface area (Å²) < 4.78 is 6.07. The van der Waals surface area contributed by atoms with Crippen LogP contribution in [0.4, 0.5) is 0 Å². The van der Waals surface area contributed by atoms with Crippen molar-refractivity contribution >= 4 is 16.7 Å². The molecule has 0 aliphatic carbocycles. The van der Waals surface area contributed by atoms with Crippen LogP contribution in [0.3, 0.4) is 0 Å². The van der Waals surface area contributed by atoms with Crippen LogP contribution in [0, 0.1) is 0 Å². The molecule has 2 nitrogen and oxygen atoms in total. The number of carbonyl (C=O) groups excluding carboxylic acids is 1. The molecule has 0 aromatic heterocycles. The lowest BCUT2D eigenvalue weighted by Gasteiger charge is -2.22. The Hall–Kier alpha value is -3.39. The second-order valence-electron chi connectivity index (χ2n) is 7.19. The Bertz CT molecular complexity index is 1050. The van der Waals surface area contributed by atoms with E-state index in [0.29, 0.717) is 0 Å². The van der Waals surface area contributed by atoms with Gasteiger partial charge >= 0.3 is 5.97 Å². The molecule has 4 rings (SSSR count). The molecule has 0 unspecified atom stereocenters. The minimum atomic E-state index is -0.438. The van der Waals surface area contributed by atoms with E-state index in [-0.39, 0.29) is 12.1 Å². The van der Waals surface area contributed by atoms with Crippen LogP contribution in [0.5, 0.6) is 0 Å². The van der Waals surface area contributed by atoms with Gasteiger partial charge in [-0.15, -0.1) is 0 Å². The van der Waals surface area contributed by atoms with Gasteiger partial charge in [0.1, 0.15) is 12.0 Å². The Labute approximate surface area is 171 Å². The van der Waals surface area contributed by atoms with Crippen molar-refractivity contribution in [2.45, 2.75) is 25.4 Å². The molecule has 0 radical (unpaired) electrons. The van der Waals surface area contributed by atoms with Crippen LogP contribution < -0.4 is 0 Å². The molecule has 0 spiro atoms. The molecule has 0 bridgehead atoms. The summed E-state index contributed by atoms with van der Waals surface area (Å²) in [5.41, 5.74) is 2.91. The highest BCUT2D eigenvalue weighted by atomic mass is 16.5. The Morgan fingerprint density at radius 2 is 1.24 bits per heavy atom. The second-order valence-corrected chi connectivity index (χ2v) is 7.19. The second kappa shape index (κ2) is 8.74. The first kappa shape index (κ1) is 18.9. The maximum absolute atomic E-state index is 13.3. The number of esters is 1. The fourth-order valence-electron chi connectivity index (χ4n) is 3.76. The minimum Gasteiger partial charge on any atom is -0.457 e. The predicted octanol–water partition coefficient (Wildman–Crippen LogP) is 6.67. The summed E-state index contributed by atoms with van der Waals surface area (Å²) in [5.74, 6) is -0.658. The van der Waals surface area contributed by atoms with Gasteiger partial charge in [0, 0.05) is 0 Å². The summed E-state index contributed by atoms with van der Waals surface area (Å²) in [5, 5.41) is 2.34. The van der Waals surface area contributed by atoms with Crippen molar-refractivity contribution in [1.29, 1.82) is 0 Å². The van der Waals surface area contributed by atoms with Gasteiger partial charge in [0.2, 0.25) is 0 Å². The normalized spacial score (nSPS) is 12.1. The fourth-order valence-corrected chi connectivity index (χ4v) is 3.76. The van der Waals surface area contributed by atoms with E-state index in [0.717, 1.165) is 28.5 Å². The van der Waals surface area contributed by atoms with Crippen LogP contribution in [0.15, 0.2) is 103 Å². The highest BCUT2D eigenvalue weighted by Crippen LogP contribution is 2.31. The zero-order valence-corrected chi connectivity index (χ0v) is 16.5. The molecule has 2 heteroatoms. The van der Waals surface area contributed by atoms with Crippen LogP contribution in [0.25, 0.3) is 10.8 Å². The minimum absolute atomic E-state index is 0.220. The van der Waals surface area contributed by atoms with Gasteiger partial charge in [0.05, 0.1) is 0 Å². The highest BCUT2D eigenvalue weighted by molar-refractivity contribution is 5.84. The smallest absolute Gasteiger partial charge is 0.318 e. The van der Waals surface area contributed by atoms with Crippen LogP contribution in [-0.4, -0.2) is 5.97 Å². The topological polar surface area (TPSA) is 26.3 Å². The van der Waals surface area contributed by atoms with E-state index in [9.17, 15) is 4.79 Å². The van der Waals surface area contributed by atoms with E-state index in [1.165, 1.54) is 5.39 Å². The Kier molecular flexibility index (Phi) is 5.71. The van der Waals surface area contributed by atoms with Crippen LogP contribution in [0.1, 0.15) is 42.1 Å². The van der Waals surface area contributed by atoms with E-state index in [4.69, 9.17) is 4.74 Å². The first-order valence-corrected chi connectivity index (χ1v) is 10.1. The molecule has 0 fully saturated rings. The molecule has 0 saturated heterocycles. The molecule has 0 aliphatic heterocycles. The predicted molar refractivity (Wildman–Crippen MR) is 118 cm³/mol. The molecule has 0 saturated carbocycles. The summed E-state index contributed by atoms with van der Waals surface area (Å²) in [4.78, 5) is 13.3. The third-order valence-electron chi connectivity index (χ3n) is 5.28. The first-order valence-electron chi connectivity index (χ1n) is 10.1. The van der Waals surface area contributed by atoms with E-state index in [1.807, 2.05) is 79.7 Å². The number of ether oxygens (including phenoxy) is 1. The van der Waals surface area contributed by atoms with Crippen molar-refractivity contribution in [1.82, 2.24) is 0 Å². The Morgan fingerprint density at radius 1 is 0.690 bits per heavy atom. The molecular weight excluding hydrogens is 356 g/mol. The molecular formula is C27H24O2. The van der Waals surface area contributed by atoms with E-state index < -0.39 is 5.92 Å². The van der Waals surface area contributed by atoms with Crippen molar-refractivity contribution in [3.8, 4) is 0 Å². The molecule has 4 aromatic rings. The summed E-state index contributed by atoms with van der Waals surface area (Å²) >= 11 is 0. The summed E-state index contributed by atoms with van der Waals surface area (Å²) in [6.07, 6.45) is 0.447. The zero-order chi connectivity index (χ0) is 20.1. The average Bonchev–Trinajstić information content (AvgIpc) is 2.79. The maximum Gasteiger partial charge on any atom is 0.318 e. The molecule has 0 amide bonds. The van der Waals surface area contributed by atoms with Gasteiger partial charge in [-0.3, -0.25) is 4.79 Å². The maximum atomic E-state index is 13.3. The highest BCUT2D eigenvalue weighted by Gasteiger charge is 2.27. The van der Waals surface area contributed by atoms with Crippen molar-refractivity contribution in [3.05, 3.63) is 120 Å². The largest absolute Gasteiger partial charge is 0.457 e. The van der Waals surface area contributed by atoms with Gasteiger partial charge in [0.25, 0.3) is 0 Å². The molecule has 144 valence electrons. The van der Waals surface area contributed by atoms with Gasteiger partial charge in [-0.25, -0.2) is 0 Å². The molecule has 0 aliphatic rings. The van der Waals surface area contributed by atoms with Crippen LogP contribution >= 0.6 is 0 Å². The van der Waals surface area contributed by atoms with Crippen molar-refractivity contribution in [2.75, 3.05) is 0 Å². The molecule has 29 heavy (non-hydrogen) atoms. The van der Waals surface area contributed by atoms with Gasteiger partial charge in [-0.2, -0.15) is 0 Å². The van der Waals surface area contributed by atoms with E-state index in [1.54, 1.807) is 0 Å². The third-order valence-corrected chi connectivity index (χ3v) is 5.28. The monoisotopic (exact) mass is 380 g/mol. The summed E-state index contributed by atoms with van der Waals surface area (Å²) in [6, 6.07) is 34.2. The lowest BCUT2D eigenvalue weighted by molar-refractivity contribution is -0.150. The van der Waals surface area contributed by atoms with Gasteiger partial charge in [0.15, 0.2) is 0 Å². The first-order chi connectivity index (χ1) is 14.3. The molecule has 4 aromatic carbocycles. The number of fused-ring (bicyclic) bond motifs is 1. The third kappa shape index (κ3) is 4.22. The van der Waals surface area contributed by atoms with Crippen molar-refractivity contribution in [2.24, 2.45) is 0 Å². The number of hydrogen-bond donors (Lipinski definition) is 0. The Morgan fingerprint density at radius 3 is 1.83 bits per heavy atom. The van der Waals surface area contributed by atoms with Gasteiger partial charge in [-0.1, -0.05) is 104 Å². The van der Waals surface area contributed by atoms with Crippen LogP contribution in [-0.2, 0) is 9.53 Å². The van der Waals surface area contributed by atoms with Crippen LogP contribution in [0.2, 0.25) is 0 Å². The quantitative estimate of drug-likeness (QED) is 0.349. The summed E-state index contributed by atoms with van der Waals surface area (Å²) in [7, 11) is 0. The van der Waals surface area contributed by atoms with Crippen molar-refractivity contribution in [3.63, 3.8) is 0 Å². The molecule has 0 heterocycles. The van der Waals surface area contributed by atoms with Gasteiger partial charge in [-0.05, 0) is 39.9 Å². The fraction of sp³-hybridized carbons (Fsp3) is 0.148. The number of hydrogen-bond acceptors (Lipinski definition) is 2. The average molecular weight is 380 g/mol. The molecule has 0 N–H and O–H groups in total. The van der Waals surface area contributed by atoms with E-state index >= 15 is 0 Å². The SMILES string of the molecule is CC[C@@H](OC(=O)C(c1ccccc1)c1ccccc1)c1ccc2ccccc2c1. The Balaban J connectivity index is 1.64. The lowest BCUT2D eigenvalue weighted by Crippen LogP contribution is -2.20. The standard InChI is InChI=1S/C27H24O2/c1-2-25(24-18-17-20-11-9-10-16-23(20)19-24)29-27(28)26(21-12-5-3-6-13-21)22-14-7-4-8-15-22/h3-19,25-26H,2H2,1H3/t25-/m1/s1. The van der Waals surface area contributed by atoms with Crippen molar-refractivity contribution < 1.29 is 9.53 Å². The molecule has 1 atom stereocenters. The number of carbonyl (C=O) groups is 1. The van der Waals surface area contributed by atoms with E-state index in [2.05, 4.69) is 30.3 Å².